The van der Waals surface area contributed by atoms with Crippen LogP contribution in [0.4, 0.5) is 22.0 Å². The molecule has 0 saturated carbocycles. The van der Waals surface area contributed by atoms with Crippen molar-refractivity contribution in [3.63, 3.8) is 0 Å². The monoisotopic (exact) mass is 401 g/mol. The van der Waals surface area contributed by atoms with E-state index in [9.17, 15) is 27.2 Å². The van der Waals surface area contributed by atoms with Gasteiger partial charge < -0.3 is 0 Å². The van der Waals surface area contributed by atoms with Crippen LogP contribution in [0.5, 0.6) is 0 Å². The molecule has 4 aromatic rings. The standard InChI is InChI=1S/C19H8F5N5/c20-12-2-3-13(11(5-12)7-25)14-6-10(1-4-15(14)21)16-8-26-18-28-17(19(22,23)24)9-27-29(16)18/h1-6,8-9H. The van der Waals surface area contributed by atoms with Gasteiger partial charge in [0.05, 0.1) is 29.7 Å². The molecule has 144 valence electrons. The molecule has 0 saturated heterocycles. The zero-order valence-corrected chi connectivity index (χ0v) is 14.2. The number of hydrogen-bond donors (Lipinski definition) is 0. The van der Waals surface area contributed by atoms with Crippen molar-refractivity contribution in [3.05, 3.63) is 71.7 Å². The average Bonchev–Trinajstić information content (AvgIpc) is 3.11. The van der Waals surface area contributed by atoms with E-state index in [2.05, 4.69) is 15.1 Å². The normalized spacial score (nSPS) is 11.6. The second-order valence-corrected chi connectivity index (χ2v) is 5.99. The maximum atomic E-state index is 14.4. The van der Waals surface area contributed by atoms with Crippen LogP contribution < -0.4 is 0 Å². The zero-order valence-electron chi connectivity index (χ0n) is 14.2. The van der Waals surface area contributed by atoms with Crippen LogP contribution in [-0.2, 0) is 6.18 Å². The van der Waals surface area contributed by atoms with Gasteiger partial charge in [0.2, 0.25) is 0 Å². The van der Waals surface area contributed by atoms with Crippen LogP contribution in [0.3, 0.4) is 0 Å². The van der Waals surface area contributed by atoms with Gasteiger partial charge in [-0.15, -0.1) is 0 Å². The highest BCUT2D eigenvalue weighted by atomic mass is 19.4. The van der Waals surface area contributed by atoms with Gasteiger partial charge in [0.25, 0.3) is 5.78 Å². The van der Waals surface area contributed by atoms with Crippen LogP contribution in [0.25, 0.3) is 28.2 Å². The van der Waals surface area contributed by atoms with Crippen molar-refractivity contribution in [3.8, 4) is 28.5 Å². The summed E-state index contributed by atoms with van der Waals surface area (Å²) >= 11 is 0. The Labute approximate surface area is 159 Å². The van der Waals surface area contributed by atoms with E-state index in [1.165, 1.54) is 24.4 Å². The molecule has 2 aromatic heterocycles. The fourth-order valence-corrected chi connectivity index (χ4v) is 2.84. The van der Waals surface area contributed by atoms with Gasteiger partial charge in [-0.25, -0.2) is 18.7 Å². The third-order valence-corrected chi connectivity index (χ3v) is 4.18. The molecule has 0 atom stereocenters. The lowest BCUT2D eigenvalue weighted by Gasteiger charge is -2.09. The molecule has 0 aliphatic carbocycles. The van der Waals surface area contributed by atoms with Crippen molar-refractivity contribution in [2.24, 2.45) is 0 Å². The Bertz CT molecular complexity index is 1290. The van der Waals surface area contributed by atoms with Crippen LogP contribution in [0.1, 0.15) is 11.3 Å². The van der Waals surface area contributed by atoms with Crippen molar-refractivity contribution in [2.75, 3.05) is 0 Å². The van der Waals surface area contributed by atoms with Crippen LogP contribution in [0.15, 0.2) is 48.8 Å². The number of imidazole rings is 1. The van der Waals surface area contributed by atoms with Gasteiger partial charge in [0.1, 0.15) is 11.6 Å². The molecule has 29 heavy (non-hydrogen) atoms. The molecular weight excluding hydrogens is 393 g/mol. The first-order valence-electron chi connectivity index (χ1n) is 8.06. The van der Waals surface area contributed by atoms with Gasteiger partial charge >= 0.3 is 6.18 Å². The maximum absolute atomic E-state index is 14.4. The molecule has 0 N–H and O–H groups in total. The number of hydrogen-bond acceptors (Lipinski definition) is 4. The molecule has 0 unspecified atom stereocenters. The second kappa shape index (κ2) is 6.63. The van der Waals surface area contributed by atoms with E-state index in [0.717, 1.165) is 22.7 Å². The molecule has 10 heteroatoms. The number of nitrogens with zero attached hydrogens (tertiary/aromatic N) is 5. The fraction of sp³-hybridized carbons (Fsp3) is 0.0526. The van der Waals surface area contributed by atoms with E-state index in [4.69, 9.17) is 0 Å². The minimum atomic E-state index is -4.67. The largest absolute Gasteiger partial charge is 0.435 e. The Morgan fingerprint density at radius 3 is 2.48 bits per heavy atom. The Morgan fingerprint density at radius 1 is 0.966 bits per heavy atom. The van der Waals surface area contributed by atoms with Crippen LogP contribution in [-0.4, -0.2) is 19.6 Å². The minimum Gasteiger partial charge on any atom is -0.217 e. The molecule has 0 bridgehead atoms. The summed E-state index contributed by atoms with van der Waals surface area (Å²) in [5, 5.41) is 12.9. The lowest BCUT2D eigenvalue weighted by molar-refractivity contribution is -0.141. The Balaban J connectivity index is 1.86. The van der Waals surface area contributed by atoms with E-state index in [1.54, 1.807) is 0 Å². The van der Waals surface area contributed by atoms with Gasteiger partial charge in [0.15, 0.2) is 5.69 Å². The summed E-state index contributed by atoms with van der Waals surface area (Å²) in [5.41, 5.74) is -0.415. The molecule has 0 amide bonds. The van der Waals surface area contributed by atoms with Crippen molar-refractivity contribution in [2.45, 2.75) is 6.18 Å². The highest BCUT2D eigenvalue weighted by Gasteiger charge is 2.33. The number of halogens is 5. The predicted molar refractivity (Wildman–Crippen MR) is 91.3 cm³/mol. The molecule has 2 aromatic carbocycles. The minimum absolute atomic E-state index is 0.0221. The first-order chi connectivity index (χ1) is 13.8. The van der Waals surface area contributed by atoms with Crippen LogP contribution >= 0.6 is 0 Å². The Kier molecular flexibility index (Phi) is 4.23. The summed E-state index contributed by atoms with van der Waals surface area (Å²) in [5.74, 6) is -1.57. The average molecular weight is 401 g/mol. The Hall–Kier alpha value is -3.87. The SMILES string of the molecule is N#Cc1cc(F)ccc1-c1cc(-c2cnc3nc(C(F)(F)F)cnn23)ccc1F. The number of nitriles is 1. The third-order valence-electron chi connectivity index (χ3n) is 4.18. The van der Waals surface area contributed by atoms with Gasteiger partial charge in [-0.3, -0.25) is 0 Å². The van der Waals surface area contributed by atoms with Crippen molar-refractivity contribution < 1.29 is 22.0 Å². The maximum Gasteiger partial charge on any atom is 0.435 e. The van der Waals surface area contributed by atoms with Gasteiger partial charge in [-0.1, -0.05) is 6.07 Å². The van der Waals surface area contributed by atoms with Crippen molar-refractivity contribution in [1.82, 2.24) is 19.6 Å². The lowest BCUT2D eigenvalue weighted by Crippen LogP contribution is -2.11. The highest BCUT2D eigenvalue weighted by Crippen LogP contribution is 2.32. The molecule has 0 aliphatic rings. The van der Waals surface area contributed by atoms with Gasteiger partial charge in [0, 0.05) is 16.7 Å². The number of alkyl halides is 3. The third kappa shape index (κ3) is 3.27. The summed E-state index contributed by atoms with van der Waals surface area (Å²) in [7, 11) is 0. The zero-order chi connectivity index (χ0) is 20.8. The van der Waals surface area contributed by atoms with Crippen LogP contribution in [0, 0.1) is 23.0 Å². The number of rotatable bonds is 2. The van der Waals surface area contributed by atoms with E-state index < -0.39 is 23.5 Å². The lowest BCUT2D eigenvalue weighted by atomic mass is 9.97. The van der Waals surface area contributed by atoms with Crippen molar-refractivity contribution in [1.29, 1.82) is 5.26 Å². The number of fused-ring (bicyclic) bond motifs is 1. The molecule has 0 radical (unpaired) electrons. The van der Waals surface area contributed by atoms with Crippen molar-refractivity contribution >= 4 is 5.78 Å². The van der Waals surface area contributed by atoms with Gasteiger partial charge in [-0.05, 0) is 30.3 Å². The van der Waals surface area contributed by atoms with Crippen LogP contribution in [0.2, 0.25) is 0 Å². The summed E-state index contributed by atoms with van der Waals surface area (Å²) in [6.07, 6.45) is -2.85. The molecule has 5 nitrogen and oxygen atoms in total. The first-order valence-corrected chi connectivity index (χ1v) is 8.06. The summed E-state index contributed by atoms with van der Waals surface area (Å²) in [6.45, 7) is 0. The Morgan fingerprint density at radius 2 is 1.76 bits per heavy atom. The number of benzene rings is 2. The topological polar surface area (TPSA) is 66.9 Å². The summed E-state index contributed by atoms with van der Waals surface area (Å²) in [4.78, 5) is 7.27. The molecule has 4 rings (SSSR count). The van der Waals surface area contributed by atoms with E-state index in [-0.39, 0.29) is 28.2 Å². The molecule has 2 heterocycles. The molecule has 0 aliphatic heterocycles. The number of aromatic nitrogens is 4. The van der Waals surface area contributed by atoms with Gasteiger partial charge in [-0.2, -0.15) is 28.0 Å². The second-order valence-electron chi connectivity index (χ2n) is 5.99. The smallest absolute Gasteiger partial charge is 0.217 e. The first kappa shape index (κ1) is 18.5. The van der Waals surface area contributed by atoms with E-state index >= 15 is 0 Å². The summed E-state index contributed by atoms with van der Waals surface area (Å²) < 4.78 is 67.3. The molecule has 0 fully saturated rings. The fourth-order valence-electron chi connectivity index (χ4n) is 2.84. The predicted octanol–water partition coefficient (Wildman–Crippen LogP) is 4.63. The molecule has 0 spiro atoms. The van der Waals surface area contributed by atoms with E-state index in [0.29, 0.717) is 11.8 Å². The quantitative estimate of drug-likeness (QED) is 0.460. The highest BCUT2D eigenvalue weighted by molar-refractivity contribution is 5.76. The van der Waals surface area contributed by atoms with E-state index in [1.807, 2.05) is 6.07 Å². The molecular formula is C19H8F5N5. The summed E-state index contributed by atoms with van der Waals surface area (Å²) in [6, 6.07) is 9.07.